The first-order valence-electron chi connectivity index (χ1n) is 12.9. The SMILES string of the molecule is CN(C)C(=O)c1nccc2oc(C(=O)Nc3ccc(Cl)cn3)c(NC(=O)C3CCC(N4CCCC4)CC3)c12. The molecule has 2 N–H and O–H groups in total. The Labute approximate surface area is 225 Å². The van der Waals surface area contributed by atoms with Gasteiger partial charge in [0.15, 0.2) is 0 Å². The maximum atomic E-state index is 13.5. The third-order valence-corrected chi connectivity index (χ3v) is 7.58. The van der Waals surface area contributed by atoms with Crippen LogP contribution in [0, 0.1) is 5.92 Å². The summed E-state index contributed by atoms with van der Waals surface area (Å²) < 4.78 is 5.90. The first kappa shape index (κ1) is 26.1. The molecule has 0 radical (unpaired) electrons. The lowest BCUT2D eigenvalue weighted by Crippen LogP contribution is -2.38. The number of rotatable bonds is 6. The van der Waals surface area contributed by atoms with Gasteiger partial charge < -0.3 is 24.9 Å². The third kappa shape index (κ3) is 5.37. The first-order chi connectivity index (χ1) is 18.3. The van der Waals surface area contributed by atoms with E-state index in [9.17, 15) is 14.4 Å². The normalized spacial score (nSPS) is 19.9. The minimum absolute atomic E-state index is 0.0907. The van der Waals surface area contributed by atoms with E-state index in [1.807, 2.05) is 0 Å². The number of amides is 3. The molecule has 3 aromatic heterocycles. The van der Waals surface area contributed by atoms with E-state index >= 15 is 0 Å². The average Bonchev–Trinajstić information content (AvgIpc) is 3.58. The highest BCUT2D eigenvalue weighted by Gasteiger charge is 2.33. The van der Waals surface area contributed by atoms with Crippen LogP contribution in [0.2, 0.25) is 5.02 Å². The Morgan fingerprint density at radius 2 is 1.76 bits per heavy atom. The molecule has 0 atom stereocenters. The summed E-state index contributed by atoms with van der Waals surface area (Å²) in [5.74, 6) is -1.25. The highest BCUT2D eigenvalue weighted by atomic mass is 35.5. The molecule has 10 nitrogen and oxygen atoms in total. The van der Waals surface area contributed by atoms with Crippen molar-refractivity contribution in [1.82, 2.24) is 19.8 Å². The second kappa shape index (κ2) is 11.1. The number of anilines is 2. The summed E-state index contributed by atoms with van der Waals surface area (Å²) in [6.45, 7) is 2.28. The van der Waals surface area contributed by atoms with E-state index < -0.39 is 5.91 Å². The fourth-order valence-electron chi connectivity index (χ4n) is 5.36. The minimum atomic E-state index is -0.618. The van der Waals surface area contributed by atoms with E-state index in [0.717, 1.165) is 38.8 Å². The lowest BCUT2D eigenvalue weighted by Gasteiger charge is -2.33. The van der Waals surface area contributed by atoms with Gasteiger partial charge in [-0.1, -0.05) is 11.6 Å². The molecule has 11 heteroatoms. The summed E-state index contributed by atoms with van der Waals surface area (Å²) in [6.07, 6.45) is 8.79. The third-order valence-electron chi connectivity index (χ3n) is 7.36. The van der Waals surface area contributed by atoms with Crippen LogP contribution in [-0.4, -0.2) is 70.7 Å². The van der Waals surface area contributed by atoms with Crippen LogP contribution >= 0.6 is 11.6 Å². The summed E-state index contributed by atoms with van der Waals surface area (Å²) in [6, 6.07) is 5.25. The van der Waals surface area contributed by atoms with E-state index in [1.54, 1.807) is 32.3 Å². The van der Waals surface area contributed by atoms with E-state index in [0.29, 0.717) is 16.5 Å². The molecule has 3 amide bonds. The molecule has 2 fully saturated rings. The van der Waals surface area contributed by atoms with E-state index in [2.05, 4.69) is 25.5 Å². The summed E-state index contributed by atoms with van der Waals surface area (Å²) in [5.41, 5.74) is 0.497. The molecule has 0 bridgehead atoms. The lowest BCUT2D eigenvalue weighted by molar-refractivity contribution is -0.121. The Kier molecular flexibility index (Phi) is 7.62. The van der Waals surface area contributed by atoms with Crippen molar-refractivity contribution in [3.63, 3.8) is 0 Å². The smallest absolute Gasteiger partial charge is 0.294 e. The molecule has 1 aliphatic heterocycles. The highest BCUT2D eigenvalue weighted by molar-refractivity contribution is 6.30. The Bertz CT molecular complexity index is 1340. The van der Waals surface area contributed by atoms with Crippen LogP contribution in [0.15, 0.2) is 35.0 Å². The van der Waals surface area contributed by atoms with E-state index in [4.69, 9.17) is 16.0 Å². The zero-order valence-corrected chi connectivity index (χ0v) is 22.3. The Balaban J connectivity index is 1.44. The number of hydrogen-bond acceptors (Lipinski definition) is 7. The van der Waals surface area contributed by atoms with Crippen molar-refractivity contribution in [3.05, 3.63) is 47.1 Å². The molecule has 5 rings (SSSR count). The largest absolute Gasteiger partial charge is 0.448 e. The quantitative estimate of drug-likeness (QED) is 0.476. The zero-order chi connectivity index (χ0) is 26.8. The van der Waals surface area contributed by atoms with Crippen LogP contribution in [-0.2, 0) is 4.79 Å². The van der Waals surface area contributed by atoms with Gasteiger partial charge in [0.2, 0.25) is 11.7 Å². The highest BCUT2D eigenvalue weighted by Crippen LogP contribution is 2.36. The second-order valence-electron chi connectivity index (χ2n) is 10.1. The number of likely N-dealkylation sites (tertiary alicyclic amines) is 1. The summed E-state index contributed by atoms with van der Waals surface area (Å²) in [4.78, 5) is 52.0. The van der Waals surface area contributed by atoms with Gasteiger partial charge in [0, 0.05) is 38.4 Å². The van der Waals surface area contributed by atoms with Crippen molar-refractivity contribution in [3.8, 4) is 0 Å². The van der Waals surface area contributed by atoms with Crippen LogP contribution in [0.3, 0.4) is 0 Å². The van der Waals surface area contributed by atoms with Gasteiger partial charge in [-0.25, -0.2) is 4.98 Å². The lowest BCUT2D eigenvalue weighted by atomic mass is 9.84. The average molecular weight is 539 g/mol. The molecular weight excluding hydrogens is 508 g/mol. The molecule has 4 heterocycles. The number of pyridine rings is 2. The molecule has 0 aromatic carbocycles. The molecule has 38 heavy (non-hydrogen) atoms. The van der Waals surface area contributed by atoms with Crippen LogP contribution < -0.4 is 10.6 Å². The maximum Gasteiger partial charge on any atom is 0.294 e. The van der Waals surface area contributed by atoms with Crippen molar-refractivity contribution < 1.29 is 18.8 Å². The van der Waals surface area contributed by atoms with Crippen LogP contribution in [0.1, 0.15) is 59.6 Å². The van der Waals surface area contributed by atoms with Crippen molar-refractivity contribution in [2.45, 2.75) is 44.6 Å². The first-order valence-corrected chi connectivity index (χ1v) is 13.3. The van der Waals surface area contributed by atoms with Crippen LogP contribution in [0.5, 0.6) is 0 Å². The zero-order valence-electron chi connectivity index (χ0n) is 21.5. The molecule has 3 aromatic rings. The topological polar surface area (TPSA) is 121 Å². The Morgan fingerprint density at radius 3 is 2.42 bits per heavy atom. The molecule has 1 aliphatic carbocycles. The fourth-order valence-corrected chi connectivity index (χ4v) is 5.47. The number of aromatic nitrogens is 2. The van der Waals surface area contributed by atoms with Gasteiger partial charge >= 0.3 is 0 Å². The van der Waals surface area contributed by atoms with Gasteiger partial charge in [-0.15, -0.1) is 0 Å². The Hall–Kier alpha value is -3.50. The molecule has 0 unspecified atom stereocenters. The number of carbonyl (C=O) groups is 3. The summed E-state index contributed by atoms with van der Waals surface area (Å²) in [5, 5.41) is 6.33. The minimum Gasteiger partial charge on any atom is -0.448 e. The van der Waals surface area contributed by atoms with Gasteiger partial charge in [0.1, 0.15) is 22.8 Å². The van der Waals surface area contributed by atoms with Crippen LogP contribution in [0.25, 0.3) is 11.0 Å². The van der Waals surface area contributed by atoms with Crippen molar-refractivity contribution in [1.29, 1.82) is 0 Å². The van der Waals surface area contributed by atoms with Crippen molar-refractivity contribution in [2.24, 2.45) is 5.92 Å². The van der Waals surface area contributed by atoms with Crippen molar-refractivity contribution >= 4 is 51.8 Å². The van der Waals surface area contributed by atoms with E-state index in [-0.39, 0.29) is 46.3 Å². The number of nitrogens with zero attached hydrogens (tertiary/aromatic N) is 4. The molecule has 0 spiro atoms. The molecule has 2 aliphatic rings. The molecule has 1 saturated heterocycles. The molecule has 1 saturated carbocycles. The number of fused-ring (bicyclic) bond motifs is 1. The van der Waals surface area contributed by atoms with E-state index in [1.165, 1.54) is 30.1 Å². The summed E-state index contributed by atoms with van der Waals surface area (Å²) in [7, 11) is 3.22. The number of halogens is 1. The van der Waals surface area contributed by atoms with Crippen molar-refractivity contribution in [2.75, 3.05) is 37.8 Å². The van der Waals surface area contributed by atoms with Gasteiger partial charge in [-0.2, -0.15) is 0 Å². The standard InChI is InChI=1S/C27H31ClN6O4/c1-33(2)27(37)23-21-19(11-12-29-23)38-24(26(36)31-20-10-7-17(28)15-30-20)22(21)32-25(35)16-5-8-18(9-6-16)34-13-3-4-14-34/h7,10-12,15-16,18H,3-6,8-9,13-14H2,1-2H3,(H,32,35)(H,30,31,36). The van der Waals surface area contributed by atoms with Gasteiger partial charge in [-0.05, 0) is 69.8 Å². The van der Waals surface area contributed by atoms with Gasteiger partial charge in [-0.3, -0.25) is 19.4 Å². The Morgan fingerprint density at radius 1 is 1.03 bits per heavy atom. The maximum absolute atomic E-state index is 13.5. The van der Waals surface area contributed by atoms with Gasteiger partial charge in [0.25, 0.3) is 11.8 Å². The molecular formula is C27H31ClN6O4. The predicted molar refractivity (Wildman–Crippen MR) is 144 cm³/mol. The monoisotopic (exact) mass is 538 g/mol. The number of furan rings is 1. The van der Waals surface area contributed by atoms with Crippen LogP contribution in [0.4, 0.5) is 11.5 Å². The van der Waals surface area contributed by atoms with Gasteiger partial charge in [0.05, 0.1) is 10.4 Å². The summed E-state index contributed by atoms with van der Waals surface area (Å²) >= 11 is 5.91. The second-order valence-corrected chi connectivity index (χ2v) is 10.5. The number of nitrogens with one attached hydrogen (secondary N) is 2. The molecule has 200 valence electrons. The fraction of sp³-hybridized carbons (Fsp3) is 0.444. The number of carbonyl (C=O) groups excluding carboxylic acids is 3. The number of hydrogen-bond donors (Lipinski definition) is 2. The predicted octanol–water partition coefficient (Wildman–Crippen LogP) is 4.42.